The van der Waals surface area contributed by atoms with Crippen LogP contribution in [0.3, 0.4) is 0 Å². The largest absolute Gasteiger partial charge is 0.354 e. The van der Waals surface area contributed by atoms with Gasteiger partial charge in [0.2, 0.25) is 11.8 Å². The van der Waals surface area contributed by atoms with Crippen LogP contribution in [0.2, 0.25) is 15.1 Å². The molecule has 0 aliphatic carbocycles. The fourth-order valence-corrected chi connectivity index (χ4v) is 3.57. The number of nitrogens with one attached hydrogen (secondary N) is 1. The van der Waals surface area contributed by atoms with E-state index in [-0.39, 0.29) is 24.8 Å². The molecule has 0 spiro atoms. The summed E-state index contributed by atoms with van der Waals surface area (Å²) in [4.78, 5) is 27.3. The van der Waals surface area contributed by atoms with E-state index in [2.05, 4.69) is 12.2 Å². The second-order valence-corrected chi connectivity index (χ2v) is 8.16. The van der Waals surface area contributed by atoms with Gasteiger partial charge in [-0.2, -0.15) is 0 Å². The third-order valence-corrected chi connectivity index (χ3v) is 5.42. The predicted octanol–water partition coefficient (Wildman–Crippen LogP) is 5.52. The molecule has 0 heterocycles. The molecular weight excluding hydrogens is 431 g/mol. The lowest BCUT2D eigenvalue weighted by Gasteiger charge is -2.29. The maximum Gasteiger partial charge on any atom is 0.242 e. The van der Waals surface area contributed by atoms with Gasteiger partial charge in [-0.3, -0.25) is 9.59 Å². The molecule has 0 aliphatic rings. The van der Waals surface area contributed by atoms with Crippen molar-refractivity contribution in [2.45, 2.75) is 45.7 Å². The van der Waals surface area contributed by atoms with E-state index in [4.69, 9.17) is 34.8 Å². The van der Waals surface area contributed by atoms with Gasteiger partial charge >= 0.3 is 0 Å². The average Bonchev–Trinajstić information content (AvgIpc) is 2.68. The number of carbonyl (C=O) groups is 2. The summed E-state index contributed by atoms with van der Waals surface area (Å²) in [6, 6.07) is 11.7. The highest BCUT2D eigenvalue weighted by molar-refractivity contribution is 6.35. The minimum Gasteiger partial charge on any atom is -0.354 e. The van der Waals surface area contributed by atoms with Crippen molar-refractivity contribution in [2.24, 2.45) is 0 Å². The minimum atomic E-state index is -0.635. The number of amides is 2. The fraction of sp³-hybridized carbons (Fsp3) is 0.364. The predicted molar refractivity (Wildman–Crippen MR) is 120 cm³/mol. The van der Waals surface area contributed by atoms with Crippen molar-refractivity contribution in [3.05, 3.63) is 68.7 Å². The first kappa shape index (κ1) is 23.5. The molecule has 7 heteroatoms. The molecule has 0 fully saturated rings. The van der Waals surface area contributed by atoms with Crippen molar-refractivity contribution in [2.75, 3.05) is 6.54 Å². The Morgan fingerprint density at radius 1 is 1.07 bits per heavy atom. The number of halogens is 3. The highest BCUT2D eigenvalue weighted by atomic mass is 35.5. The van der Waals surface area contributed by atoms with Gasteiger partial charge in [0, 0.05) is 28.2 Å². The summed E-state index contributed by atoms with van der Waals surface area (Å²) in [5, 5.41) is 4.41. The van der Waals surface area contributed by atoms with Gasteiger partial charge in [-0.25, -0.2) is 0 Å². The molecule has 2 aromatic rings. The van der Waals surface area contributed by atoms with Crippen molar-refractivity contribution in [1.29, 1.82) is 0 Å². The number of nitrogens with zero attached hydrogens (tertiary/aromatic N) is 1. The van der Waals surface area contributed by atoms with E-state index in [0.717, 1.165) is 18.4 Å². The van der Waals surface area contributed by atoms with Crippen LogP contribution < -0.4 is 5.32 Å². The van der Waals surface area contributed by atoms with Crippen LogP contribution in [-0.4, -0.2) is 29.3 Å². The number of unbranched alkanes of at least 4 members (excludes halogenated alkanes) is 1. The first-order chi connectivity index (χ1) is 13.8. The van der Waals surface area contributed by atoms with Gasteiger partial charge in [-0.15, -0.1) is 0 Å². The fourth-order valence-electron chi connectivity index (χ4n) is 2.88. The van der Waals surface area contributed by atoms with Crippen molar-refractivity contribution in [1.82, 2.24) is 10.2 Å². The first-order valence-electron chi connectivity index (χ1n) is 9.57. The summed E-state index contributed by atoms with van der Waals surface area (Å²) < 4.78 is 0. The second-order valence-electron chi connectivity index (χ2n) is 6.88. The van der Waals surface area contributed by atoms with Crippen molar-refractivity contribution < 1.29 is 9.59 Å². The van der Waals surface area contributed by atoms with Gasteiger partial charge in [0.15, 0.2) is 0 Å². The first-order valence-corrected chi connectivity index (χ1v) is 10.7. The highest BCUT2D eigenvalue weighted by Gasteiger charge is 2.26. The third-order valence-electron chi connectivity index (χ3n) is 4.60. The van der Waals surface area contributed by atoms with Crippen LogP contribution in [0, 0.1) is 0 Å². The number of rotatable bonds is 9. The molecule has 2 aromatic carbocycles. The molecule has 156 valence electrons. The summed E-state index contributed by atoms with van der Waals surface area (Å²) in [6.45, 7) is 4.64. The van der Waals surface area contributed by atoms with E-state index in [1.807, 2.05) is 12.1 Å². The van der Waals surface area contributed by atoms with Crippen molar-refractivity contribution in [3.63, 3.8) is 0 Å². The molecule has 2 rings (SSSR count). The molecule has 4 nitrogen and oxygen atoms in total. The van der Waals surface area contributed by atoms with Gasteiger partial charge in [0.05, 0.1) is 6.42 Å². The van der Waals surface area contributed by atoms with Crippen molar-refractivity contribution >= 4 is 46.6 Å². The third kappa shape index (κ3) is 7.22. The molecule has 1 unspecified atom stereocenters. The van der Waals surface area contributed by atoms with E-state index in [9.17, 15) is 9.59 Å². The lowest BCUT2D eigenvalue weighted by molar-refractivity contribution is -0.140. The molecule has 29 heavy (non-hydrogen) atoms. The molecule has 0 saturated carbocycles. The second kappa shape index (κ2) is 11.4. The average molecular weight is 456 g/mol. The molecule has 0 aliphatic heterocycles. The van der Waals surface area contributed by atoms with Crippen LogP contribution in [0.4, 0.5) is 0 Å². The Balaban J connectivity index is 2.22. The Morgan fingerprint density at radius 2 is 1.79 bits per heavy atom. The van der Waals surface area contributed by atoms with Crippen LogP contribution >= 0.6 is 34.8 Å². The van der Waals surface area contributed by atoms with Crippen molar-refractivity contribution in [3.8, 4) is 0 Å². The molecule has 0 radical (unpaired) electrons. The van der Waals surface area contributed by atoms with Gasteiger partial charge in [0.1, 0.15) is 6.04 Å². The molecule has 0 saturated heterocycles. The Bertz CT molecular complexity index is 858. The van der Waals surface area contributed by atoms with E-state index < -0.39 is 6.04 Å². The Morgan fingerprint density at radius 3 is 2.45 bits per heavy atom. The summed E-state index contributed by atoms with van der Waals surface area (Å²) in [5.41, 5.74) is 1.51. The quantitative estimate of drug-likeness (QED) is 0.506. The maximum atomic E-state index is 13.1. The van der Waals surface area contributed by atoms with E-state index >= 15 is 0 Å². The Labute approximate surface area is 187 Å². The van der Waals surface area contributed by atoms with E-state index in [1.165, 1.54) is 0 Å². The van der Waals surface area contributed by atoms with E-state index in [1.54, 1.807) is 42.2 Å². The van der Waals surface area contributed by atoms with Gasteiger partial charge in [-0.1, -0.05) is 66.3 Å². The molecular formula is C22H25Cl3N2O2. The van der Waals surface area contributed by atoms with E-state index in [0.29, 0.717) is 27.2 Å². The van der Waals surface area contributed by atoms with Crippen LogP contribution in [0.15, 0.2) is 42.5 Å². The van der Waals surface area contributed by atoms with Crippen LogP contribution in [-0.2, 0) is 22.6 Å². The summed E-state index contributed by atoms with van der Waals surface area (Å²) in [6.07, 6.45) is 1.94. The molecule has 0 aromatic heterocycles. The van der Waals surface area contributed by atoms with Gasteiger partial charge in [-0.05, 0) is 48.7 Å². The Hall–Kier alpha value is -1.75. The summed E-state index contributed by atoms with van der Waals surface area (Å²) >= 11 is 18.3. The minimum absolute atomic E-state index is 0.0726. The monoisotopic (exact) mass is 454 g/mol. The SMILES string of the molecule is CCCCNC(=O)C(C)N(Cc1cccc(Cl)c1)C(=O)Cc1ccc(Cl)cc1Cl. The van der Waals surface area contributed by atoms with Gasteiger partial charge in [0.25, 0.3) is 0 Å². The molecule has 2 amide bonds. The smallest absolute Gasteiger partial charge is 0.242 e. The zero-order valence-electron chi connectivity index (χ0n) is 16.6. The molecule has 1 N–H and O–H groups in total. The zero-order valence-corrected chi connectivity index (χ0v) is 18.8. The number of benzene rings is 2. The van der Waals surface area contributed by atoms with Crippen LogP contribution in [0.1, 0.15) is 37.8 Å². The highest BCUT2D eigenvalue weighted by Crippen LogP contribution is 2.23. The number of hydrogen-bond donors (Lipinski definition) is 1. The van der Waals surface area contributed by atoms with Crippen LogP contribution in [0.25, 0.3) is 0 Å². The summed E-state index contributed by atoms with van der Waals surface area (Å²) in [7, 11) is 0. The number of carbonyl (C=O) groups excluding carboxylic acids is 2. The lowest BCUT2D eigenvalue weighted by Crippen LogP contribution is -2.48. The maximum absolute atomic E-state index is 13.1. The van der Waals surface area contributed by atoms with Crippen LogP contribution in [0.5, 0.6) is 0 Å². The normalized spacial score (nSPS) is 11.8. The van der Waals surface area contributed by atoms with Gasteiger partial charge < -0.3 is 10.2 Å². The summed E-state index contributed by atoms with van der Waals surface area (Å²) in [5.74, 6) is -0.386. The topological polar surface area (TPSA) is 49.4 Å². The lowest BCUT2D eigenvalue weighted by atomic mass is 10.1. The zero-order chi connectivity index (χ0) is 21.4. The number of hydrogen-bond acceptors (Lipinski definition) is 2. The standard InChI is InChI=1S/C22H25Cl3N2O2/c1-3-4-10-26-22(29)15(2)27(14-16-6-5-7-18(23)11-16)21(28)12-17-8-9-19(24)13-20(17)25/h5-9,11,13,15H,3-4,10,12,14H2,1-2H3,(H,26,29). The molecule has 0 bridgehead atoms. The molecule has 1 atom stereocenters. The Kier molecular flexibility index (Phi) is 9.28.